The number of hydrogen-bond acceptors (Lipinski definition) is 4. The predicted octanol–water partition coefficient (Wildman–Crippen LogP) is 0.943. The molecule has 1 heterocycles. The number of rotatable bonds is 6. The average molecular weight is 295 g/mol. The van der Waals surface area contributed by atoms with Gasteiger partial charge in [-0.3, -0.25) is 5.10 Å². The largest absolute Gasteiger partial charge is 0.392 e. The van der Waals surface area contributed by atoms with Crippen molar-refractivity contribution in [3.63, 3.8) is 0 Å². The number of nitrogens with zero attached hydrogens (tertiary/aromatic N) is 1. The minimum absolute atomic E-state index is 0.155. The van der Waals surface area contributed by atoms with Gasteiger partial charge in [0.15, 0.2) is 0 Å². The van der Waals surface area contributed by atoms with Gasteiger partial charge in [0.2, 0.25) is 10.0 Å². The maximum absolute atomic E-state index is 12.2. The molecular weight excluding hydrogens is 278 g/mol. The van der Waals surface area contributed by atoms with Crippen LogP contribution in [0.1, 0.15) is 23.6 Å². The molecule has 0 atom stereocenters. The van der Waals surface area contributed by atoms with E-state index in [1.54, 1.807) is 24.5 Å². The molecule has 2 aromatic rings. The molecule has 20 heavy (non-hydrogen) atoms. The van der Waals surface area contributed by atoms with Gasteiger partial charge in [0.05, 0.1) is 17.7 Å². The molecule has 1 aromatic heterocycles. The Kier molecular flexibility index (Phi) is 4.53. The SMILES string of the molecule is CCc1ccc(S(=O)(=O)NCc2cn[nH]c2)cc1CO. The summed E-state index contributed by atoms with van der Waals surface area (Å²) < 4.78 is 26.8. The Morgan fingerprint density at radius 1 is 1.35 bits per heavy atom. The van der Waals surface area contributed by atoms with Crippen LogP contribution in [0.5, 0.6) is 0 Å². The quantitative estimate of drug-likeness (QED) is 0.739. The Hall–Kier alpha value is -1.70. The Labute approximate surface area is 117 Å². The molecule has 0 spiro atoms. The van der Waals surface area contributed by atoms with Crippen LogP contribution in [0.25, 0.3) is 0 Å². The molecule has 0 aliphatic heterocycles. The van der Waals surface area contributed by atoms with Gasteiger partial charge in [0, 0.05) is 18.3 Å². The summed E-state index contributed by atoms with van der Waals surface area (Å²) in [5.74, 6) is 0. The van der Waals surface area contributed by atoms with Gasteiger partial charge in [-0.2, -0.15) is 5.10 Å². The number of aromatic amines is 1. The molecule has 1 aromatic carbocycles. The Bertz CT molecular complexity index is 666. The topological polar surface area (TPSA) is 95.1 Å². The lowest BCUT2D eigenvalue weighted by atomic mass is 10.1. The number of hydrogen-bond donors (Lipinski definition) is 3. The second kappa shape index (κ2) is 6.17. The summed E-state index contributed by atoms with van der Waals surface area (Å²) in [5.41, 5.74) is 2.33. The molecule has 2 rings (SSSR count). The first-order chi connectivity index (χ1) is 9.56. The molecular formula is C13H17N3O3S. The third kappa shape index (κ3) is 3.24. The predicted molar refractivity (Wildman–Crippen MR) is 74.4 cm³/mol. The number of aryl methyl sites for hydroxylation is 1. The molecule has 0 amide bonds. The average Bonchev–Trinajstić information content (AvgIpc) is 2.97. The third-order valence-corrected chi connectivity index (χ3v) is 4.46. The van der Waals surface area contributed by atoms with Crippen molar-refractivity contribution in [3.8, 4) is 0 Å². The number of nitrogens with one attached hydrogen (secondary N) is 2. The zero-order valence-electron chi connectivity index (χ0n) is 11.1. The van der Waals surface area contributed by atoms with Crippen molar-refractivity contribution >= 4 is 10.0 Å². The van der Waals surface area contributed by atoms with Gasteiger partial charge in [-0.05, 0) is 29.7 Å². The molecule has 0 bridgehead atoms. The van der Waals surface area contributed by atoms with Gasteiger partial charge in [0.1, 0.15) is 0 Å². The summed E-state index contributed by atoms with van der Waals surface area (Å²) in [7, 11) is -3.60. The van der Waals surface area contributed by atoms with E-state index in [-0.39, 0.29) is 18.0 Å². The van der Waals surface area contributed by atoms with E-state index in [1.165, 1.54) is 6.07 Å². The van der Waals surface area contributed by atoms with E-state index in [4.69, 9.17) is 0 Å². The molecule has 3 N–H and O–H groups in total. The monoisotopic (exact) mass is 295 g/mol. The highest BCUT2D eigenvalue weighted by molar-refractivity contribution is 7.89. The maximum Gasteiger partial charge on any atom is 0.240 e. The Morgan fingerprint density at radius 3 is 2.75 bits per heavy atom. The molecule has 0 unspecified atom stereocenters. The van der Waals surface area contributed by atoms with Gasteiger partial charge in [-0.1, -0.05) is 13.0 Å². The van der Waals surface area contributed by atoms with E-state index in [0.29, 0.717) is 5.56 Å². The van der Waals surface area contributed by atoms with E-state index in [1.807, 2.05) is 6.92 Å². The van der Waals surface area contributed by atoms with Crippen molar-refractivity contribution in [2.45, 2.75) is 31.4 Å². The first kappa shape index (κ1) is 14.7. The first-order valence-corrected chi connectivity index (χ1v) is 7.75. The van der Waals surface area contributed by atoms with Crippen LogP contribution < -0.4 is 4.72 Å². The number of aliphatic hydroxyl groups is 1. The molecule has 0 radical (unpaired) electrons. The summed E-state index contributed by atoms with van der Waals surface area (Å²) in [6.07, 6.45) is 3.93. The van der Waals surface area contributed by atoms with Crippen LogP contribution in [0.3, 0.4) is 0 Å². The number of aromatic nitrogens is 2. The first-order valence-electron chi connectivity index (χ1n) is 6.26. The second-order valence-corrected chi connectivity index (χ2v) is 6.14. The molecule has 7 heteroatoms. The molecule has 0 saturated carbocycles. The van der Waals surface area contributed by atoms with Crippen LogP contribution in [-0.2, 0) is 29.6 Å². The normalized spacial score (nSPS) is 11.7. The smallest absolute Gasteiger partial charge is 0.240 e. The van der Waals surface area contributed by atoms with E-state index < -0.39 is 10.0 Å². The summed E-state index contributed by atoms with van der Waals surface area (Å²) in [6, 6.07) is 4.80. The van der Waals surface area contributed by atoms with Crippen molar-refractivity contribution in [3.05, 3.63) is 47.3 Å². The fourth-order valence-corrected chi connectivity index (χ4v) is 2.97. The van der Waals surface area contributed by atoms with Crippen LogP contribution >= 0.6 is 0 Å². The molecule has 0 aliphatic carbocycles. The Balaban J connectivity index is 2.20. The van der Waals surface area contributed by atoms with E-state index in [0.717, 1.165) is 17.5 Å². The summed E-state index contributed by atoms with van der Waals surface area (Å²) in [6.45, 7) is 1.96. The maximum atomic E-state index is 12.2. The van der Waals surface area contributed by atoms with Crippen LogP contribution in [0.4, 0.5) is 0 Å². The molecule has 108 valence electrons. The lowest BCUT2D eigenvalue weighted by molar-refractivity contribution is 0.280. The van der Waals surface area contributed by atoms with Gasteiger partial charge in [-0.15, -0.1) is 0 Å². The fourth-order valence-electron chi connectivity index (χ4n) is 1.90. The number of aliphatic hydroxyl groups excluding tert-OH is 1. The van der Waals surface area contributed by atoms with Gasteiger partial charge >= 0.3 is 0 Å². The van der Waals surface area contributed by atoms with E-state index in [2.05, 4.69) is 14.9 Å². The van der Waals surface area contributed by atoms with Crippen molar-refractivity contribution in [1.82, 2.24) is 14.9 Å². The zero-order valence-corrected chi connectivity index (χ0v) is 11.9. The van der Waals surface area contributed by atoms with Crippen molar-refractivity contribution in [2.24, 2.45) is 0 Å². The van der Waals surface area contributed by atoms with E-state index >= 15 is 0 Å². The van der Waals surface area contributed by atoms with Crippen LogP contribution in [-0.4, -0.2) is 23.7 Å². The van der Waals surface area contributed by atoms with Crippen LogP contribution in [0.15, 0.2) is 35.5 Å². The number of H-pyrrole nitrogens is 1. The van der Waals surface area contributed by atoms with Crippen molar-refractivity contribution < 1.29 is 13.5 Å². The highest BCUT2D eigenvalue weighted by Gasteiger charge is 2.15. The lowest BCUT2D eigenvalue weighted by Gasteiger charge is -2.10. The molecule has 0 aliphatic rings. The van der Waals surface area contributed by atoms with Gasteiger partial charge in [0.25, 0.3) is 0 Å². The third-order valence-electron chi connectivity index (χ3n) is 3.06. The lowest BCUT2D eigenvalue weighted by Crippen LogP contribution is -2.23. The summed E-state index contributed by atoms with van der Waals surface area (Å²) in [4.78, 5) is 0.155. The van der Waals surface area contributed by atoms with Gasteiger partial charge in [-0.25, -0.2) is 13.1 Å². The molecule has 0 fully saturated rings. The van der Waals surface area contributed by atoms with Crippen LogP contribution in [0, 0.1) is 0 Å². The van der Waals surface area contributed by atoms with E-state index in [9.17, 15) is 13.5 Å². The number of benzene rings is 1. The molecule has 6 nitrogen and oxygen atoms in total. The molecule has 0 saturated heterocycles. The standard InChI is InChI=1S/C13H17N3O3S/c1-2-11-3-4-13(5-12(11)9-17)20(18,19)16-8-10-6-14-15-7-10/h3-7,16-17H,2,8-9H2,1H3,(H,14,15). The summed E-state index contributed by atoms with van der Waals surface area (Å²) in [5, 5.41) is 15.7. The van der Waals surface area contributed by atoms with Crippen LogP contribution in [0.2, 0.25) is 0 Å². The second-order valence-electron chi connectivity index (χ2n) is 4.37. The van der Waals surface area contributed by atoms with Gasteiger partial charge < -0.3 is 5.11 Å². The highest BCUT2D eigenvalue weighted by atomic mass is 32.2. The van der Waals surface area contributed by atoms with Crippen molar-refractivity contribution in [1.29, 1.82) is 0 Å². The number of sulfonamides is 1. The van der Waals surface area contributed by atoms with Crippen molar-refractivity contribution in [2.75, 3.05) is 0 Å². The highest BCUT2D eigenvalue weighted by Crippen LogP contribution is 2.17. The minimum Gasteiger partial charge on any atom is -0.392 e. The zero-order chi connectivity index (χ0) is 14.6. The summed E-state index contributed by atoms with van der Waals surface area (Å²) >= 11 is 0. The minimum atomic E-state index is -3.60. The fraction of sp³-hybridized carbons (Fsp3) is 0.308. The Morgan fingerprint density at radius 2 is 2.15 bits per heavy atom.